The van der Waals surface area contributed by atoms with Crippen LogP contribution in [-0.4, -0.2) is 16.1 Å². The Bertz CT molecular complexity index is 649. The first kappa shape index (κ1) is 13.6. The molecule has 98 valence electrons. The van der Waals surface area contributed by atoms with E-state index in [0.29, 0.717) is 10.8 Å². The predicted molar refractivity (Wildman–Crippen MR) is 74.8 cm³/mol. The van der Waals surface area contributed by atoms with Crippen molar-refractivity contribution in [2.24, 2.45) is 0 Å². The second kappa shape index (κ2) is 5.46. The molecule has 1 aromatic carbocycles. The Kier molecular flexibility index (Phi) is 3.92. The molecular weight excluding hydrogens is 336 g/mol. The summed E-state index contributed by atoms with van der Waals surface area (Å²) in [4.78, 5) is 14.6. The lowest BCUT2D eigenvalue weighted by Crippen LogP contribution is -2.01. The van der Waals surface area contributed by atoms with Crippen LogP contribution in [0.1, 0.15) is 10.4 Å². The molecule has 0 unspecified atom stereocenters. The van der Waals surface area contributed by atoms with Gasteiger partial charge in [-0.05, 0) is 24.3 Å². The van der Waals surface area contributed by atoms with E-state index in [-0.39, 0.29) is 17.1 Å². The molecule has 2 rings (SSSR count). The number of carbonyl (C=O) groups is 1. The third kappa shape index (κ3) is 3.15. The van der Waals surface area contributed by atoms with E-state index in [9.17, 15) is 4.79 Å². The third-order valence-electron chi connectivity index (χ3n) is 2.23. The smallest absolute Gasteiger partial charge is 0.337 e. The molecule has 3 N–H and O–H groups in total. The highest BCUT2D eigenvalue weighted by atomic mass is 79.9. The lowest BCUT2D eigenvalue weighted by molar-refractivity contribution is 0.0696. The lowest BCUT2D eigenvalue weighted by atomic mass is 10.2. The number of ether oxygens (including phenoxy) is 1. The van der Waals surface area contributed by atoms with Crippen LogP contribution in [0.4, 0.5) is 5.69 Å². The molecule has 0 radical (unpaired) electrons. The van der Waals surface area contributed by atoms with Crippen LogP contribution in [0.25, 0.3) is 0 Å². The fourth-order valence-electron chi connectivity index (χ4n) is 1.33. The summed E-state index contributed by atoms with van der Waals surface area (Å²) in [7, 11) is 0. The molecule has 0 spiro atoms. The van der Waals surface area contributed by atoms with Crippen LogP contribution in [0.15, 0.2) is 34.9 Å². The Morgan fingerprint density at radius 2 is 2.16 bits per heavy atom. The predicted octanol–water partition coefficient (Wildman–Crippen LogP) is 3.57. The summed E-state index contributed by atoms with van der Waals surface area (Å²) in [5, 5.41) is 9.20. The molecule has 1 heterocycles. The number of aromatic nitrogens is 1. The number of hydrogen-bond donors (Lipinski definition) is 2. The van der Waals surface area contributed by atoms with Crippen molar-refractivity contribution in [3.63, 3.8) is 0 Å². The quantitative estimate of drug-likeness (QED) is 0.890. The molecule has 19 heavy (non-hydrogen) atoms. The molecule has 0 aliphatic carbocycles. The van der Waals surface area contributed by atoms with Crippen molar-refractivity contribution < 1.29 is 14.6 Å². The normalized spacial score (nSPS) is 10.2. The second-order valence-electron chi connectivity index (χ2n) is 3.60. The van der Waals surface area contributed by atoms with Gasteiger partial charge in [0.1, 0.15) is 5.75 Å². The summed E-state index contributed by atoms with van der Waals surface area (Å²) in [5.74, 6) is -0.630. The molecule has 0 aliphatic heterocycles. The van der Waals surface area contributed by atoms with Gasteiger partial charge in [0, 0.05) is 10.7 Å². The van der Waals surface area contributed by atoms with Gasteiger partial charge in [0.2, 0.25) is 5.88 Å². The minimum atomic E-state index is -1.11. The second-order valence-corrected chi connectivity index (χ2v) is 4.92. The molecule has 2 aromatic rings. The highest BCUT2D eigenvalue weighted by Gasteiger charge is 2.11. The van der Waals surface area contributed by atoms with Crippen LogP contribution in [0.3, 0.4) is 0 Å². The maximum absolute atomic E-state index is 10.8. The lowest BCUT2D eigenvalue weighted by Gasteiger charge is -2.09. The largest absolute Gasteiger partial charge is 0.478 e. The van der Waals surface area contributed by atoms with E-state index in [1.165, 1.54) is 12.3 Å². The number of benzene rings is 1. The first-order valence-corrected chi connectivity index (χ1v) is 6.26. The highest BCUT2D eigenvalue weighted by molar-refractivity contribution is 9.10. The van der Waals surface area contributed by atoms with Gasteiger partial charge in [-0.2, -0.15) is 0 Å². The van der Waals surface area contributed by atoms with Crippen molar-refractivity contribution >= 4 is 39.2 Å². The van der Waals surface area contributed by atoms with Gasteiger partial charge in [-0.1, -0.05) is 27.5 Å². The molecule has 1 aromatic heterocycles. The number of pyridine rings is 1. The number of nitrogen functional groups attached to an aromatic ring is 1. The van der Waals surface area contributed by atoms with Crippen LogP contribution in [0.5, 0.6) is 11.6 Å². The molecule has 0 saturated heterocycles. The van der Waals surface area contributed by atoms with Gasteiger partial charge in [0.05, 0.1) is 16.3 Å². The maximum Gasteiger partial charge on any atom is 0.337 e. The number of aromatic carboxylic acids is 1. The first-order valence-electron chi connectivity index (χ1n) is 5.09. The molecular formula is C12H8BrClN2O3. The average Bonchev–Trinajstić information content (AvgIpc) is 2.36. The van der Waals surface area contributed by atoms with Crippen LogP contribution in [0.2, 0.25) is 5.02 Å². The summed E-state index contributed by atoms with van der Waals surface area (Å²) in [6.07, 6.45) is 1.17. The van der Waals surface area contributed by atoms with E-state index < -0.39 is 5.97 Å². The summed E-state index contributed by atoms with van der Waals surface area (Å²) < 4.78 is 6.25. The topological polar surface area (TPSA) is 85.4 Å². The number of rotatable bonds is 3. The number of halogens is 2. The molecule has 0 fully saturated rings. The van der Waals surface area contributed by atoms with Gasteiger partial charge in [-0.15, -0.1) is 0 Å². The van der Waals surface area contributed by atoms with Crippen molar-refractivity contribution in [3.8, 4) is 11.6 Å². The van der Waals surface area contributed by atoms with Gasteiger partial charge >= 0.3 is 5.97 Å². The minimum absolute atomic E-state index is 0.00908. The van der Waals surface area contributed by atoms with Gasteiger partial charge in [0.15, 0.2) is 0 Å². The van der Waals surface area contributed by atoms with E-state index in [1.807, 2.05) is 0 Å². The van der Waals surface area contributed by atoms with Crippen molar-refractivity contribution in [1.29, 1.82) is 0 Å². The number of carboxylic acids is 1. The maximum atomic E-state index is 10.8. The molecule has 5 nitrogen and oxygen atoms in total. The van der Waals surface area contributed by atoms with Crippen molar-refractivity contribution in [2.75, 3.05) is 5.73 Å². The van der Waals surface area contributed by atoms with Crippen LogP contribution < -0.4 is 10.5 Å². The molecule has 0 saturated carbocycles. The zero-order valence-corrected chi connectivity index (χ0v) is 11.8. The Balaban J connectivity index is 2.33. The highest BCUT2D eigenvalue weighted by Crippen LogP contribution is 2.33. The number of nitrogens with two attached hydrogens (primary N) is 1. The van der Waals surface area contributed by atoms with E-state index in [2.05, 4.69) is 20.9 Å². The van der Waals surface area contributed by atoms with E-state index >= 15 is 0 Å². The Hall–Kier alpha value is -1.79. The van der Waals surface area contributed by atoms with Crippen molar-refractivity contribution in [2.45, 2.75) is 0 Å². The standard InChI is InChI=1S/C12H8BrClN2O3/c13-7-1-2-8(14)10(4-7)19-11-9(15)3-6(5-16-11)12(17)18/h1-5H,15H2,(H,17,18). The summed E-state index contributed by atoms with van der Waals surface area (Å²) >= 11 is 9.26. The molecule has 0 atom stereocenters. The number of carboxylic acid groups (broad SMARTS) is 1. The first-order chi connectivity index (χ1) is 8.97. The Morgan fingerprint density at radius 3 is 2.79 bits per heavy atom. The fraction of sp³-hybridized carbons (Fsp3) is 0. The van der Waals surface area contributed by atoms with E-state index in [0.717, 1.165) is 4.47 Å². The fourth-order valence-corrected chi connectivity index (χ4v) is 1.83. The van der Waals surface area contributed by atoms with E-state index in [1.54, 1.807) is 18.2 Å². The van der Waals surface area contributed by atoms with Gasteiger partial charge < -0.3 is 15.6 Å². The van der Waals surface area contributed by atoms with Gasteiger partial charge in [0.25, 0.3) is 0 Å². The summed E-state index contributed by atoms with van der Waals surface area (Å²) in [6, 6.07) is 6.35. The van der Waals surface area contributed by atoms with Crippen molar-refractivity contribution in [1.82, 2.24) is 4.98 Å². The SMILES string of the molecule is Nc1cc(C(=O)O)cnc1Oc1cc(Br)ccc1Cl. The number of anilines is 1. The van der Waals surface area contributed by atoms with Crippen LogP contribution in [0, 0.1) is 0 Å². The van der Waals surface area contributed by atoms with E-state index in [4.69, 9.17) is 27.2 Å². The monoisotopic (exact) mass is 342 g/mol. The molecule has 7 heteroatoms. The minimum Gasteiger partial charge on any atom is -0.478 e. The Morgan fingerprint density at radius 1 is 1.42 bits per heavy atom. The van der Waals surface area contributed by atoms with Gasteiger partial charge in [-0.25, -0.2) is 9.78 Å². The zero-order valence-electron chi connectivity index (χ0n) is 9.43. The van der Waals surface area contributed by atoms with Crippen molar-refractivity contribution in [3.05, 3.63) is 45.5 Å². The number of nitrogens with zero attached hydrogens (tertiary/aromatic N) is 1. The van der Waals surface area contributed by atoms with Crippen LogP contribution in [-0.2, 0) is 0 Å². The molecule has 0 bridgehead atoms. The zero-order chi connectivity index (χ0) is 14.0. The average molecular weight is 344 g/mol. The summed E-state index contributed by atoms with van der Waals surface area (Å²) in [5.41, 5.74) is 5.80. The van der Waals surface area contributed by atoms with Gasteiger partial charge in [-0.3, -0.25) is 0 Å². The molecule has 0 aliphatic rings. The summed E-state index contributed by atoms with van der Waals surface area (Å²) in [6.45, 7) is 0. The third-order valence-corrected chi connectivity index (χ3v) is 3.03. The van der Waals surface area contributed by atoms with Crippen LogP contribution >= 0.6 is 27.5 Å². The number of hydrogen-bond acceptors (Lipinski definition) is 4. The Labute approximate surface area is 122 Å². The molecule has 0 amide bonds.